The molecule has 30 heavy (non-hydrogen) atoms. The van der Waals surface area contributed by atoms with Crippen molar-refractivity contribution in [2.75, 3.05) is 0 Å². The van der Waals surface area contributed by atoms with Crippen LogP contribution in [0.15, 0.2) is 73.9 Å². The number of furan rings is 1. The van der Waals surface area contributed by atoms with Gasteiger partial charge < -0.3 is 4.42 Å². The number of carbonyl (C=O) groups excluding carboxylic acids is 2. The minimum Gasteiger partial charge on any atom is -0.450 e. The van der Waals surface area contributed by atoms with Crippen molar-refractivity contribution >= 4 is 63.9 Å². The molecule has 0 N–H and O–H groups in total. The van der Waals surface area contributed by atoms with Crippen LogP contribution in [0.25, 0.3) is 6.08 Å². The highest BCUT2D eigenvalue weighted by Gasteiger charge is 2.35. The van der Waals surface area contributed by atoms with E-state index in [-0.39, 0.29) is 16.5 Å². The van der Waals surface area contributed by atoms with Gasteiger partial charge in [0, 0.05) is 21.0 Å². The van der Waals surface area contributed by atoms with Crippen LogP contribution in [0, 0.1) is 5.82 Å². The van der Waals surface area contributed by atoms with Crippen LogP contribution < -0.4 is 0 Å². The predicted octanol–water partition coefficient (Wildman–Crippen LogP) is 7.11. The second kappa shape index (κ2) is 8.89. The summed E-state index contributed by atoms with van der Waals surface area (Å²) in [4.78, 5) is 27.3. The van der Waals surface area contributed by atoms with Crippen molar-refractivity contribution in [2.24, 2.45) is 0 Å². The molecule has 0 unspecified atom stereocenters. The summed E-state index contributed by atoms with van der Waals surface area (Å²) in [7, 11) is 0. The van der Waals surface area contributed by atoms with E-state index in [0.717, 1.165) is 27.6 Å². The van der Waals surface area contributed by atoms with Crippen LogP contribution >= 0.6 is 46.7 Å². The van der Waals surface area contributed by atoms with Crippen LogP contribution in [0.2, 0.25) is 10.0 Å². The average molecular weight is 480 g/mol. The first kappa shape index (κ1) is 21.1. The number of nitrogens with zero attached hydrogens (tertiary/aromatic N) is 1. The Bertz CT molecular complexity index is 1160. The summed E-state index contributed by atoms with van der Waals surface area (Å²) < 4.78 is 19.0. The highest BCUT2D eigenvalue weighted by Crippen LogP contribution is 2.36. The van der Waals surface area contributed by atoms with Gasteiger partial charge in [0.1, 0.15) is 11.6 Å². The molecule has 4 rings (SSSR count). The number of rotatable bonds is 5. The fourth-order valence-corrected chi connectivity index (χ4v) is 4.62. The molecule has 0 bridgehead atoms. The third-order valence-electron chi connectivity index (χ3n) is 4.12. The molecule has 152 valence electrons. The Morgan fingerprint density at radius 1 is 1.07 bits per heavy atom. The summed E-state index contributed by atoms with van der Waals surface area (Å²) in [6.07, 6.45) is 1.53. The minimum atomic E-state index is -0.483. The van der Waals surface area contributed by atoms with E-state index in [1.165, 1.54) is 30.0 Å². The molecule has 2 amide bonds. The van der Waals surface area contributed by atoms with Crippen LogP contribution in [0.4, 0.5) is 9.18 Å². The highest BCUT2D eigenvalue weighted by atomic mass is 35.5. The number of hydrogen-bond donors (Lipinski definition) is 0. The van der Waals surface area contributed by atoms with E-state index >= 15 is 0 Å². The molecule has 4 nitrogen and oxygen atoms in total. The second-order valence-electron chi connectivity index (χ2n) is 6.22. The lowest BCUT2D eigenvalue weighted by Crippen LogP contribution is -2.27. The normalized spacial score (nSPS) is 15.4. The third-order valence-corrected chi connectivity index (χ3v) is 6.56. The smallest absolute Gasteiger partial charge is 0.293 e. The Hall–Kier alpha value is -2.19. The zero-order chi connectivity index (χ0) is 21.3. The fourth-order valence-electron chi connectivity index (χ4n) is 2.67. The molecule has 1 aromatic heterocycles. The predicted molar refractivity (Wildman–Crippen MR) is 117 cm³/mol. The van der Waals surface area contributed by atoms with Gasteiger partial charge >= 0.3 is 0 Å². The monoisotopic (exact) mass is 479 g/mol. The number of carbonyl (C=O) groups is 2. The topological polar surface area (TPSA) is 50.5 Å². The molecule has 3 aromatic rings. The number of thioether (sulfide) groups is 1. The van der Waals surface area contributed by atoms with E-state index in [4.69, 9.17) is 27.6 Å². The molecule has 0 saturated carbocycles. The summed E-state index contributed by atoms with van der Waals surface area (Å²) in [6.45, 7) is -0.0308. The maximum absolute atomic E-state index is 13.2. The van der Waals surface area contributed by atoms with Crippen LogP contribution in [-0.2, 0) is 11.3 Å². The average Bonchev–Trinajstić information content (AvgIpc) is 3.25. The molecule has 0 spiro atoms. The Morgan fingerprint density at radius 2 is 1.83 bits per heavy atom. The zero-order valence-corrected chi connectivity index (χ0v) is 18.2. The molecule has 1 aliphatic rings. The van der Waals surface area contributed by atoms with Crippen LogP contribution in [0.1, 0.15) is 11.3 Å². The van der Waals surface area contributed by atoms with Crippen molar-refractivity contribution in [1.29, 1.82) is 0 Å². The van der Waals surface area contributed by atoms with Gasteiger partial charge in [-0.15, -0.1) is 0 Å². The number of amides is 2. The van der Waals surface area contributed by atoms with Crippen LogP contribution in [-0.4, -0.2) is 16.0 Å². The zero-order valence-electron chi connectivity index (χ0n) is 15.1. The van der Waals surface area contributed by atoms with E-state index in [1.807, 2.05) is 12.1 Å². The molecule has 1 saturated heterocycles. The van der Waals surface area contributed by atoms with Crippen LogP contribution in [0.3, 0.4) is 0 Å². The summed E-state index contributed by atoms with van der Waals surface area (Å²) in [6, 6.07) is 14.7. The van der Waals surface area contributed by atoms with E-state index in [2.05, 4.69) is 0 Å². The standard InChI is InChI=1S/C21H12Cl2FNO3S2/c22-13-2-6-16(7-3-13)29-19-8-5-15(28-19)10-18-20(26)25(21(27)30-18)11-12-1-4-14(24)9-17(12)23/h1-10H,11H2/b18-10+. The minimum absolute atomic E-state index is 0.0308. The highest BCUT2D eigenvalue weighted by molar-refractivity contribution is 8.18. The second-order valence-corrected chi connectivity index (χ2v) is 9.13. The Balaban J connectivity index is 1.48. The number of imide groups is 1. The summed E-state index contributed by atoms with van der Waals surface area (Å²) in [5.74, 6) is -0.478. The van der Waals surface area contributed by atoms with Gasteiger partial charge in [0.05, 0.1) is 11.4 Å². The number of halogens is 3. The Labute approximate surface area is 190 Å². The van der Waals surface area contributed by atoms with Gasteiger partial charge in [0.25, 0.3) is 11.1 Å². The van der Waals surface area contributed by atoms with Gasteiger partial charge in [-0.3, -0.25) is 14.5 Å². The first-order valence-electron chi connectivity index (χ1n) is 8.61. The third kappa shape index (κ3) is 4.75. The fraction of sp³-hybridized carbons (Fsp3) is 0.0476. The molecule has 0 radical (unpaired) electrons. The molecule has 0 atom stereocenters. The lowest BCUT2D eigenvalue weighted by atomic mass is 10.2. The van der Waals surface area contributed by atoms with Crippen molar-refractivity contribution in [2.45, 2.75) is 16.5 Å². The Morgan fingerprint density at radius 3 is 2.57 bits per heavy atom. The van der Waals surface area contributed by atoms with E-state index in [0.29, 0.717) is 21.4 Å². The summed E-state index contributed by atoms with van der Waals surface area (Å²) >= 11 is 14.1. The quantitative estimate of drug-likeness (QED) is 0.364. The van der Waals surface area contributed by atoms with Crippen molar-refractivity contribution in [3.05, 3.63) is 86.7 Å². The maximum atomic E-state index is 13.2. The van der Waals surface area contributed by atoms with Gasteiger partial charge in [-0.25, -0.2) is 4.39 Å². The molecule has 2 aromatic carbocycles. The van der Waals surface area contributed by atoms with E-state index < -0.39 is 17.0 Å². The summed E-state index contributed by atoms with van der Waals surface area (Å²) in [5, 5.41) is 1.03. The van der Waals surface area contributed by atoms with Gasteiger partial charge in [-0.05, 0) is 65.9 Å². The van der Waals surface area contributed by atoms with E-state index in [9.17, 15) is 14.0 Å². The molecule has 1 fully saturated rings. The number of hydrogen-bond acceptors (Lipinski definition) is 5. The van der Waals surface area contributed by atoms with Gasteiger partial charge in [0.15, 0.2) is 5.09 Å². The molecule has 9 heteroatoms. The van der Waals surface area contributed by atoms with Gasteiger partial charge in [0.2, 0.25) is 0 Å². The maximum Gasteiger partial charge on any atom is 0.293 e. The van der Waals surface area contributed by atoms with Crippen LogP contribution in [0.5, 0.6) is 0 Å². The van der Waals surface area contributed by atoms with Crippen molar-refractivity contribution < 1.29 is 18.4 Å². The molecular formula is C21H12Cl2FNO3S2. The Kier molecular flexibility index (Phi) is 6.24. The molecule has 2 heterocycles. The van der Waals surface area contributed by atoms with Gasteiger partial charge in [-0.2, -0.15) is 0 Å². The first-order valence-corrected chi connectivity index (χ1v) is 11.0. The summed E-state index contributed by atoms with van der Waals surface area (Å²) in [5.41, 5.74) is 0.487. The van der Waals surface area contributed by atoms with Gasteiger partial charge in [-0.1, -0.05) is 41.0 Å². The molecule has 0 aliphatic carbocycles. The van der Waals surface area contributed by atoms with Crippen molar-refractivity contribution in [3.63, 3.8) is 0 Å². The SMILES string of the molecule is O=C1S/C(=C/c2ccc(Sc3ccc(Cl)cc3)o2)C(=O)N1Cc1ccc(F)cc1Cl. The molecular weight excluding hydrogens is 468 g/mol. The lowest BCUT2D eigenvalue weighted by molar-refractivity contribution is -0.123. The largest absolute Gasteiger partial charge is 0.450 e. The first-order chi connectivity index (χ1) is 14.4. The number of benzene rings is 2. The van der Waals surface area contributed by atoms with Crippen molar-refractivity contribution in [3.8, 4) is 0 Å². The van der Waals surface area contributed by atoms with Crippen molar-refractivity contribution in [1.82, 2.24) is 4.90 Å². The van der Waals surface area contributed by atoms with E-state index in [1.54, 1.807) is 24.3 Å². The lowest BCUT2D eigenvalue weighted by Gasteiger charge is -2.13. The molecule has 1 aliphatic heterocycles.